The van der Waals surface area contributed by atoms with Crippen molar-refractivity contribution in [3.05, 3.63) is 29.8 Å². The summed E-state index contributed by atoms with van der Waals surface area (Å²) in [5, 5.41) is 15.0. The number of amides is 1. The number of aliphatic hydroxyl groups excluding tert-OH is 1. The smallest absolute Gasteiger partial charge is 0.243 e. The van der Waals surface area contributed by atoms with Crippen LogP contribution in [0.5, 0.6) is 0 Å². The number of aliphatic hydroxyl groups is 1. The van der Waals surface area contributed by atoms with E-state index in [0.717, 1.165) is 12.1 Å². The Labute approximate surface area is 125 Å². The zero-order valence-corrected chi connectivity index (χ0v) is 12.2. The predicted octanol–water partition coefficient (Wildman–Crippen LogP) is 0.906. The molecule has 122 valence electrons. The van der Waals surface area contributed by atoms with E-state index in [1.807, 2.05) is 0 Å². The molecule has 1 aromatic carbocycles. The van der Waals surface area contributed by atoms with Gasteiger partial charge in [-0.2, -0.15) is 5.11 Å². The fourth-order valence-corrected chi connectivity index (χ4v) is 2.37. The topological polar surface area (TPSA) is 120 Å². The van der Waals surface area contributed by atoms with Gasteiger partial charge in [-0.1, -0.05) is 12.1 Å². The quantitative estimate of drug-likeness (QED) is 0.611. The maximum absolute atomic E-state index is 12.9. The summed E-state index contributed by atoms with van der Waals surface area (Å²) in [6.45, 7) is -1.56. The van der Waals surface area contributed by atoms with Crippen LogP contribution in [0.25, 0.3) is 0 Å². The minimum Gasteiger partial charge on any atom is -0.386 e. The summed E-state index contributed by atoms with van der Waals surface area (Å²) in [5.74, 6) is -0.728. The van der Waals surface area contributed by atoms with Crippen LogP contribution in [0.3, 0.4) is 0 Å². The Morgan fingerprint density at radius 2 is 1.91 bits per heavy atom. The number of hydrogen-bond donors (Lipinski definition) is 3. The van der Waals surface area contributed by atoms with Gasteiger partial charge >= 0.3 is 0 Å². The summed E-state index contributed by atoms with van der Waals surface area (Å²) in [5.41, 5.74) is 6.68. The Balaban J connectivity index is 2.89. The van der Waals surface area contributed by atoms with E-state index in [1.54, 1.807) is 0 Å². The molecule has 1 aromatic rings. The number of hydrogen-bond acceptors (Lipinski definition) is 6. The molecule has 0 aliphatic rings. The third-order valence-electron chi connectivity index (χ3n) is 2.84. The number of carbonyl (C=O) groups excluding carboxylic acids is 1. The third-order valence-corrected chi connectivity index (χ3v) is 4.12. The average molecular weight is 335 g/mol. The largest absolute Gasteiger partial charge is 0.386 e. The minimum atomic E-state index is -4.02. The maximum atomic E-state index is 12.9. The zero-order valence-electron chi connectivity index (χ0n) is 11.4. The molecular formula is C12H15F2N3O4S. The number of halogens is 2. The lowest BCUT2D eigenvalue weighted by molar-refractivity contribution is -0.121. The van der Waals surface area contributed by atoms with Crippen LogP contribution in [0.2, 0.25) is 0 Å². The Kier molecular flexibility index (Phi) is 6.50. The molecule has 1 rings (SSSR count). The lowest BCUT2D eigenvalue weighted by Crippen LogP contribution is -2.41. The van der Waals surface area contributed by atoms with Crippen molar-refractivity contribution >= 4 is 15.7 Å². The van der Waals surface area contributed by atoms with Gasteiger partial charge in [-0.3, -0.25) is 4.79 Å². The highest BCUT2D eigenvalue weighted by Crippen LogP contribution is 2.20. The molecule has 7 nitrogen and oxygen atoms in total. The molecule has 2 atom stereocenters. The van der Waals surface area contributed by atoms with Crippen molar-refractivity contribution in [1.82, 2.24) is 5.32 Å². The van der Waals surface area contributed by atoms with E-state index in [4.69, 9.17) is 5.53 Å². The highest BCUT2D eigenvalue weighted by atomic mass is 32.2. The summed E-state index contributed by atoms with van der Waals surface area (Å²) >= 11 is 0. The van der Waals surface area contributed by atoms with Crippen LogP contribution in [0.4, 0.5) is 8.78 Å². The van der Waals surface area contributed by atoms with E-state index in [2.05, 4.69) is 10.4 Å². The minimum absolute atomic E-state index is 0.156. The molecule has 0 heterocycles. The van der Waals surface area contributed by atoms with Crippen molar-refractivity contribution in [3.63, 3.8) is 0 Å². The van der Waals surface area contributed by atoms with Gasteiger partial charge in [0.25, 0.3) is 0 Å². The van der Waals surface area contributed by atoms with Crippen molar-refractivity contribution in [2.75, 3.05) is 19.2 Å². The first-order chi connectivity index (χ1) is 10.4. The summed E-state index contributed by atoms with van der Waals surface area (Å²) < 4.78 is 47.9. The Morgan fingerprint density at radius 1 is 1.32 bits per heavy atom. The second kappa shape index (κ2) is 7.90. The summed E-state index contributed by atoms with van der Waals surface area (Å²) in [6, 6.07) is 1.77. The van der Waals surface area contributed by atoms with Crippen LogP contribution < -0.4 is 5.32 Å². The molecule has 3 N–H and O–H groups in total. The normalized spacial score (nSPS) is 14.1. The first kappa shape index (κ1) is 18.1. The molecule has 0 aliphatic heterocycles. The number of nitrogens with one attached hydrogen (secondary N) is 2. The van der Waals surface area contributed by atoms with Crippen molar-refractivity contribution in [1.29, 1.82) is 5.53 Å². The second-order valence-corrected chi connectivity index (χ2v) is 6.30. The average Bonchev–Trinajstić information content (AvgIpc) is 2.52. The van der Waals surface area contributed by atoms with E-state index in [9.17, 15) is 27.1 Å². The van der Waals surface area contributed by atoms with Gasteiger partial charge < -0.3 is 10.4 Å². The van der Waals surface area contributed by atoms with Gasteiger partial charge in [0.2, 0.25) is 15.7 Å². The molecule has 0 aliphatic carbocycles. The summed E-state index contributed by atoms with van der Waals surface area (Å²) in [7, 11) is -4.02. The standard InChI is InChI=1S/C12H15F2N3O4S/c13-5-10(17-11(18)6-16-15)12(19)8-1-3-9(4-2-8)22(20,21)7-14/h1-4,10,12,15,19H,5-7H2,(H,17,18)/t10-,12-/m1/s1. The van der Waals surface area contributed by atoms with Crippen LogP contribution >= 0.6 is 0 Å². The molecule has 0 radical (unpaired) electrons. The third kappa shape index (κ3) is 4.53. The van der Waals surface area contributed by atoms with E-state index in [-0.39, 0.29) is 10.5 Å². The lowest BCUT2D eigenvalue weighted by Gasteiger charge is -2.21. The highest BCUT2D eigenvalue weighted by Gasteiger charge is 2.23. The zero-order chi connectivity index (χ0) is 16.8. The highest BCUT2D eigenvalue weighted by molar-refractivity contribution is 7.91. The van der Waals surface area contributed by atoms with Crippen molar-refractivity contribution < 1.29 is 27.1 Å². The number of rotatable bonds is 8. The number of nitrogens with zero attached hydrogens (tertiary/aromatic N) is 1. The second-order valence-electron chi connectivity index (χ2n) is 4.38. The molecule has 22 heavy (non-hydrogen) atoms. The number of carbonyl (C=O) groups is 1. The van der Waals surface area contributed by atoms with Crippen LogP contribution in [-0.4, -0.2) is 44.7 Å². The SMILES string of the molecule is N=NCC(=O)N[C@H](CF)[C@H](O)c1ccc(S(=O)(=O)CF)cc1. The first-order valence-electron chi connectivity index (χ1n) is 6.11. The Bertz CT molecular complexity index is 622. The molecule has 0 bridgehead atoms. The van der Waals surface area contributed by atoms with Crippen LogP contribution in [0, 0.1) is 5.53 Å². The molecule has 0 spiro atoms. The molecule has 0 saturated carbocycles. The maximum Gasteiger partial charge on any atom is 0.243 e. The van der Waals surface area contributed by atoms with Crippen LogP contribution in [-0.2, 0) is 14.6 Å². The first-order valence-corrected chi connectivity index (χ1v) is 7.76. The number of sulfone groups is 1. The summed E-state index contributed by atoms with van der Waals surface area (Å²) in [6.07, 6.45) is -1.43. The Morgan fingerprint density at radius 3 is 2.36 bits per heavy atom. The fourth-order valence-electron chi connectivity index (χ4n) is 1.69. The molecule has 10 heteroatoms. The number of benzene rings is 1. The van der Waals surface area contributed by atoms with E-state index in [1.165, 1.54) is 12.1 Å². The molecule has 0 saturated heterocycles. The van der Waals surface area contributed by atoms with Gasteiger partial charge in [0.15, 0.2) is 6.01 Å². The van der Waals surface area contributed by atoms with Gasteiger partial charge in [-0.25, -0.2) is 22.7 Å². The summed E-state index contributed by atoms with van der Waals surface area (Å²) in [4.78, 5) is 11.0. The molecule has 0 aromatic heterocycles. The van der Waals surface area contributed by atoms with Gasteiger partial charge in [0, 0.05) is 0 Å². The number of alkyl halides is 2. The van der Waals surface area contributed by atoms with E-state index < -0.39 is 47.1 Å². The van der Waals surface area contributed by atoms with E-state index >= 15 is 0 Å². The Hall–Kier alpha value is -1.94. The van der Waals surface area contributed by atoms with Gasteiger partial charge in [0.05, 0.1) is 10.9 Å². The van der Waals surface area contributed by atoms with Gasteiger partial charge in [-0.05, 0) is 17.7 Å². The molecular weight excluding hydrogens is 320 g/mol. The molecule has 0 fully saturated rings. The van der Waals surface area contributed by atoms with Gasteiger partial charge in [-0.15, -0.1) is 0 Å². The van der Waals surface area contributed by atoms with E-state index in [0.29, 0.717) is 0 Å². The fraction of sp³-hybridized carbons (Fsp3) is 0.417. The van der Waals surface area contributed by atoms with Crippen LogP contribution in [0.1, 0.15) is 11.7 Å². The molecule has 1 amide bonds. The monoisotopic (exact) mass is 335 g/mol. The lowest BCUT2D eigenvalue weighted by atomic mass is 10.0. The van der Waals surface area contributed by atoms with Crippen molar-refractivity contribution in [2.24, 2.45) is 5.11 Å². The van der Waals surface area contributed by atoms with Crippen molar-refractivity contribution in [3.8, 4) is 0 Å². The van der Waals surface area contributed by atoms with Crippen LogP contribution in [0.15, 0.2) is 34.3 Å². The van der Waals surface area contributed by atoms with Crippen molar-refractivity contribution in [2.45, 2.75) is 17.0 Å². The molecule has 0 unspecified atom stereocenters. The predicted molar refractivity (Wildman–Crippen MR) is 72.5 cm³/mol. The van der Waals surface area contributed by atoms with Gasteiger partial charge in [0.1, 0.15) is 19.3 Å².